The van der Waals surface area contributed by atoms with Gasteiger partial charge in [0.15, 0.2) is 0 Å². The van der Waals surface area contributed by atoms with Crippen molar-refractivity contribution in [3.63, 3.8) is 0 Å². The Hall–Kier alpha value is -3.13. The summed E-state index contributed by atoms with van der Waals surface area (Å²) in [5, 5.41) is 21.2. The fourth-order valence-corrected chi connectivity index (χ4v) is 1.66. The van der Waals surface area contributed by atoms with E-state index in [-0.39, 0.29) is 24.7 Å². The number of hydrogen-bond donors (Lipinski definition) is 3. The van der Waals surface area contributed by atoms with Crippen LogP contribution in [0.25, 0.3) is 0 Å². The molecule has 1 amide bonds. The first kappa shape index (κ1) is 15.3. The molecule has 0 atom stereocenters. The molecule has 0 saturated heterocycles. The van der Waals surface area contributed by atoms with Crippen molar-refractivity contribution >= 4 is 6.09 Å². The van der Waals surface area contributed by atoms with Crippen molar-refractivity contribution in [2.45, 2.75) is 6.61 Å². The van der Waals surface area contributed by atoms with Gasteiger partial charge in [0.25, 0.3) is 0 Å². The number of hydrogen-bond acceptors (Lipinski definition) is 4. The van der Waals surface area contributed by atoms with Crippen LogP contribution in [0.5, 0.6) is 11.5 Å². The molecule has 0 spiro atoms. The first-order valence-corrected chi connectivity index (χ1v) is 6.60. The van der Waals surface area contributed by atoms with Crippen molar-refractivity contribution in [3.05, 3.63) is 59.7 Å². The third-order valence-corrected chi connectivity index (χ3v) is 2.74. The van der Waals surface area contributed by atoms with Crippen molar-refractivity contribution < 1.29 is 19.7 Å². The molecule has 5 heteroatoms. The van der Waals surface area contributed by atoms with E-state index in [9.17, 15) is 9.90 Å². The number of alkyl carbamates (subject to hydrolysis) is 1. The minimum atomic E-state index is -0.562. The number of phenolic OH excluding ortho intramolecular Hbond substituents is 2. The molecule has 2 aromatic carbocycles. The lowest BCUT2D eigenvalue weighted by Crippen LogP contribution is -2.24. The van der Waals surface area contributed by atoms with Gasteiger partial charge in [-0.05, 0) is 17.7 Å². The lowest BCUT2D eigenvalue weighted by atomic mass is 10.2. The third kappa shape index (κ3) is 4.76. The van der Waals surface area contributed by atoms with Gasteiger partial charge < -0.3 is 20.3 Å². The van der Waals surface area contributed by atoms with E-state index in [0.717, 1.165) is 5.56 Å². The Bertz CT molecular complexity index is 702. The zero-order valence-electron chi connectivity index (χ0n) is 11.7. The number of carbonyl (C=O) groups is 1. The Morgan fingerprint density at radius 1 is 1.14 bits per heavy atom. The van der Waals surface area contributed by atoms with Crippen molar-refractivity contribution in [1.29, 1.82) is 0 Å². The first-order valence-electron chi connectivity index (χ1n) is 6.60. The van der Waals surface area contributed by atoms with E-state index < -0.39 is 6.09 Å². The van der Waals surface area contributed by atoms with Crippen LogP contribution in [0.3, 0.4) is 0 Å². The smallest absolute Gasteiger partial charge is 0.408 e. The minimum absolute atomic E-state index is 0.0364. The van der Waals surface area contributed by atoms with Crippen molar-refractivity contribution in [1.82, 2.24) is 5.32 Å². The zero-order chi connectivity index (χ0) is 15.8. The van der Waals surface area contributed by atoms with Gasteiger partial charge >= 0.3 is 6.09 Å². The minimum Gasteiger partial charge on any atom is -0.508 e. The fourth-order valence-electron chi connectivity index (χ4n) is 1.66. The van der Waals surface area contributed by atoms with Crippen LogP contribution in [0.4, 0.5) is 4.79 Å². The molecule has 0 radical (unpaired) electrons. The highest BCUT2D eigenvalue weighted by Crippen LogP contribution is 2.21. The molecular weight excluding hydrogens is 282 g/mol. The normalized spacial score (nSPS) is 9.45. The molecule has 2 aromatic rings. The number of ether oxygens (including phenoxy) is 1. The second-order valence-corrected chi connectivity index (χ2v) is 4.42. The summed E-state index contributed by atoms with van der Waals surface area (Å²) in [5.74, 6) is 5.23. The second-order valence-electron chi connectivity index (χ2n) is 4.42. The predicted octanol–water partition coefficient (Wildman–Crippen LogP) is 2.38. The molecule has 0 fully saturated rings. The molecular formula is C17H15NO4. The SMILES string of the molecule is O=C(NCC#Cc1ccc(O)cc1O)OCc1ccccc1. The Morgan fingerprint density at radius 3 is 2.64 bits per heavy atom. The number of benzene rings is 2. The van der Waals surface area contributed by atoms with Crippen LogP contribution in [-0.2, 0) is 11.3 Å². The van der Waals surface area contributed by atoms with Crippen molar-refractivity contribution in [2.24, 2.45) is 0 Å². The molecule has 0 aliphatic rings. The highest BCUT2D eigenvalue weighted by Gasteiger charge is 2.01. The molecule has 0 aromatic heterocycles. The number of carbonyl (C=O) groups excluding carboxylic acids is 1. The summed E-state index contributed by atoms with van der Waals surface area (Å²) in [6, 6.07) is 13.5. The van der Waals surface area contributed by atoms with Gasteiger partial charge in [-0.3, -0.25) is 0 Å². The third-order valence-electron chi connectivity index (χ3n) is 2.74. The molecule has 22 heavy (non-hydrogen) atoms. The molecule has 0 saturated carbocycles. The second kappa shape index (κ2) is 7.60. The molecule has 0 heterocycles. The number of nitrogens with one attached hydrogen (secondary N) is 1. The summed E-state index contributed by atoms with van der Waals surface area (Å²) in [6.45, 7) is 0.285. The summed E-state index contributed by atoms with van der Waals surface area (Å²) >= 11 is 0. The van der Waals surface area contributed by atoms with E-state index in [1.807, 2.05) is 30.3 Å². The quantitative estimate of drug-likeness (QED) is 0.760. The van der Waals surface area contributed by atoms with Crippen molar-refractivity contribution in [3.8, 4) is 23.3 Å². The average Bonchev–Trinajstić information content (AvgIpc) is 2.52. The summed E-state index contributed by atoms with van der Waals surface area (Å²) in [5.41, 5.74) is 1.27. The van der Waals surface area contributed by atoms with Crippen LogP contribution in [-0.4, -0.2) is 22.9 Å². The van der Waals surface area contributed by atoms with E-state index in [0.29, 0.717) is 5.56 Å². The van der Waals surface area contributed by atoms with Crippen LogP contribution >= 0.6 is 0 Å². The fraction of sp³-hybridized carbons (Fsp3) is 0.118. The summed E-state index contributed by atoms with van der Waals surface area (Å²) in [7, 11) is 0. The van der Waals surface area contributed by atoms with Gasteiger partial charge in [0, 0.05) is 6.07 Å². The monoisotopic (exact) mass is 297 g/mol. The van der Waals surface area contributed by atoms with E-state index in [1.54, 1.807) is 0 Å². The summed E-state index contributed by atoms with van der Waals surface area (Å²) in [4.78, 5) is 11.5. The van der Waals surface area contributed by atoms with Gasteiger partial charge in [-0.1, -0.05) is 42.2 Å². The van der Waals surface area contributed by atoms with Crippen LogP contribution < -0.4 is 5.32 Å². The van der Waals surface area contributed by atoms with E-state index in [1.165, 1.54) is 18.2 Å². The maximum atomic E-state index is 11.5. The highest BCUT2D eigenvalue weighted by atomic mass is 16.5. The van der Waals surface area contributed by atoms with Gasteiger partial charge in [-0.2, -0.15) is 0 Å². The Morgan fingerprint density at radius 2 is 1.91 bits per heavy atom. The van der Waals surface area contributed by atoms with Gasteiger partial charge in [0.05, 0.1) is 12.1 Å². The molecule has 0 aliphatic carbocycles. The van der Waals surface area contributed by atoms with Gasteiger partial charge in [-0.15, -0.1) is 0 Å². The molecule has 0 aliphatic heterocycles. The number of phenols is 2. The predicted molar refractivity (Wildman–Crippen MR) is 81.3 cm³/mol. The van der Waals surface area contributed by atoms with Gasteiger partial charge in [0.1, 0.15) is 18.1 Å². The lowest BCUT2D eigenvalue weighted by molar-refractivity contribution is 0.141. The molecule has 112 valence electrons. The summed E-state index contributed by atoms with van der Waals surface area (Å²) < 4.78 is 5.02. The van der Waals surface area contributed by atoms with Crippen LogP contribution in [0, 0.1) is 11.8 Å². The lowest BCUT2D eigenvalue weighted by Gasteiger charge is -2.04. The van der Waals surface area contributed by atoms with Crippen LogP contribution in [0.15, 0.2) is 48.5 Å². The number of amides is 1. The largest absolute Gasteiger partial charge is 0.508 e. The number of aromatic hydroxyl groups is 2. The molecule has 0 unspecified atom stereocenters. The highest BCUT2D eigenvalue weighted by molar-refractivity contribution is 5.67. The Kier molecular flexibility index (Phi) is 5.27. The van der Waals surface area contributed by atoms with E-state index >= 15 is 0 Å². The molecule has 5 nitrogen and oxygen atoms in total. The standard InChI is InChI=1S/C17H15NO4/c19-15-9-8-14(16(20)11-15)7-4-10-18-17(21)22-12-13-5-2-1-3-6-13/h1-3,5-6,8-9,11,19-20H,10,12H2,(H,18,21). The van der Waals surface area contributed by atoms with Crippen molar-refractivity contribution in [2.75, 3.05) is 6.54 Å². The zero-order valence-corrected chi connectivity index (χ0v) is 11.7. The molecule has 3 N–H and O–H groups in total. The van der Waals surface area contributed by atoms with E-state index in [2.05, 4.69) is 17.2 Å². The van der Waals surface area contributed by atoms with Crippen LogP contribution in [0.2, 0.25) is 0 Å². The Balaban J connectivity index is 1.76. The maximum Gasteiger partial charge on any atom is 0.408 e. The van der Waals surface area contributed by atoms with Gasteiger partial charge in [-0.25, -0.2) is 4.79 Å². The number of rotatable bonds is 3. The maximum absolute atomic E-state index is 11.5. The summed E-state index contributed by atoms with van der Waals surface area (Å²) in [6.07, 6.45) is -0.562. The van der Waals surface area contributed by atoms with Crippen LogP contribution in [0.1, 0.15) is 11.1 Å². The van der Waals surface area contributed by atoms with Gasteiger partial charge in [0.2, 0.25) is 0 Å². The topological polar surface area (TPSA) is 78.8 Å². The average molecular weight is 297 g/mol. The Labute approximate surface area is 128 Å². The molecule has 0 bridgehead atoms. The van der Waals surface area contributed by atoms with E-state index in [4.69, 9.17) is 9.84 Å². The molecule has 2 rings (SSSR count). The first-order chi connectivity index (χ1) is 10.6.